The lowest BCUT2D eigenvalue weighted by molar-refractivity contribution is -0.0498. The number of hydrogen-bond donors (Lipinski definition) is 1. The van der Waals surface area contributed by atoms with Crippen LogP contribution in [0.4, 0.5) is 14.5 Å². The predicted molar refractivity (Wildman–Crippen MR) is 85.1 cm³/mol. The molecule has 2 aromatic carbocycles. The highest BCUT2D eigenvalue weighted by Gasteiger charge is 2.41. The molecule has 4 nitrogen and oxygen atoms in total. The molecule has 1 heterocycles. The Bertz CT molecular complexity index is 760. The van der Waals surface area contributed by atoms with Gasteiger partial charge in [0.1, 0.15) is 11.9 Å². The van der Waals surface area contributed by atoms with Crippen molar-refractivity contribution in [3.8, 4) is 5.75 Å². The predicted octanol–water partition coefficient (Wildman–Crippen LogP) is 4.02. The molecule has 1 aliphatic heterocycles. The van der Waals surface area contributed by atoms with Crippen molar-refractivity contribution in [2.75, 3.05) is 5.32 Å². The Morgan fingerprint density at radius 2 is 1.79 bits per heavy atom. The Morgan fingerprint density at radius 1 is 1.08 bits per heavy atom. The Balaban J connectivity index is 1.67. The van der Waals surface area contributed by atoms with Gasteiger partial charge in [0.05, 0.1) is 5.56 Å². The SMILES string of the molecule is O=C1c2ccccc2N[C@@H](c2ccc(OC(F)F)cc2)N1C1CC1. The third kappa shape index (κ3) is 2.68. The van der Waals surface area contributed by atoms with Crippen LogP contribution in [0.25, 0.3) is 0 Å². The molecule has 1 aliphatic carbocycles. The number of para-hydroxylation sites is 1. The molecule has 1 saturated carbocycles. The topological polar surface area (TPSA) is 41.6 Å². The minimum Gasteiger partial charge on any atom is -0.435 e. The summed E-state index contributed by atoms with van der Waals surface area (Å²) in [6.45, 7) is -2.85. The molecule has 0 saturated heterocycles. The highest BCUT2D eigenvalue weighted by atomic mass is 19.3. The quantitative estimate of drug-likeness (QED) is 0.921. The highest BCUT2D eigenvalue weighted by Crippen LogP contribution is 2.40. The van der Waals surface area contributed by atoms with Crippen LogP contribution in [-0.2, 0) is 0 Å². The second kappa shape index (κ2) is 5.78. The number of benzene rings is 2. The van der Waals surface area contributed by atoms with E-state index in [1.54, 1.807) is 12.1 Å². The molecule has 2 aliphatic rings. The van der Waals surface area contributed by atoms with Crippen LogP contribution in [0.5, 0.6) is 5.75 Å². The van der Waals surface area contributed by atoms with Crippen molar-refractivity contribution >= 4 is 11.6 Å². The third-order valence-corrected chi connectivity index (χ3v) is 4.32. The van der Waals surface area contributed by atoms with Crippen molar-refractivity contribution in [3.05, 3.63) is 59.7 Å². The zero-order valence-electron chi connectivity index (χ0n) is 12.8. The average molecular weight is 330 g/mol. The number of fused-ring (bicyclic) bond motifs is 1. The average Bonchev–Trinajstić information content (AvgIpc) is 3.40. The summed E-state index contributed by atoms with van der Waals surface area (Å²) in [5.41, 5.74) is 2.29. The minimum absolute atomic E-state index is 0.00440. The minimum atomic E-state index is -2.85. The Labute approximate surface area is 138 Å². The molecule has 24 heavy (non-hydrogen) atoms. The number of carbonyl (C=O) groups excluding carboxylic acids is 1. The van der Waals surface area contributed by atoms with Gasteiger partial charge in [-0.2, -0.15) is 8.78 Å². The first-order valence-electron chi connectivity index (χ1n) is 7.86. The molecule has 0 aromatic heterocycles. The van der Waals surface area contributed by atoms with Crippen LogP contribution in [0, 0.1) is 0 Å². The normalized spacial score (nSPS) is 19.9. The number of ether oxygens (including phenoxy) is 1. The van der Waals surface area contributed by atoms with Gasteiger partial charge in [0, 0.05) is 11.7 Å². The monoisotopic (exact) mass is 330 g/mol. The summed E-state index contributed by atoms with van der Waals surface area (Å²) in [6.07, 6.45) is 1.66. The largest absolute Gasteiger partial charge is 0.435 e. The number of nitrogens with one attached hydrogen (secondary N) is 1. The molecule has 0 unspecified atom stereocenters. The first-order chi connectivity index (χ1) is 11.6. The number of amides is 1. The number of carbonyl (C=O) groups is 1. The summed E-state index contributed by atoms with van der Waals surface area (Å²) in [7, 11) is 0. The van der Waals surface area contributed by atoms with Crippen LogP contribution in [0.2, 0.25) is 0 Å². The summed E-state index contributed by atoms with van der Waals surface area (Å²) in [5.74, 6) is 0.110. The standard InChI is InChI=1S/C18H16F2N2O2/c19-18(20)24-13-9-5-11(6-10-13)16-21-15-4-2-1-3-14(15)17(23)22(16)12-7-8-12/h1-6,9-10,12,16,18,21H,7-8H2/t16-/m1/s1. The van der Waals surface area contributed by atoms with Gasteiger partial charge in [0.15, 0.2) is 0 Å². The molecule has 0 radical (unpaired) electrons. The van der Waals surface area contributed by atoms with Crippen molar-refractivity contribution in [3.63, 3.8) is 0 Å². The molecule has 1 N–H and O–H groups in total. The van der Waals surface area contributed by atoms with E-state index in [4.69, 9.17) is 0 Å². The van der Waals surface area contributed by atoms with E-state index < -0.39 is 6.61 Å². The molecular weight excluding hydrogens is 314 g/mol. The van der Waals surface area contributed by atoms with Gasteiger partial charge in [0.25, 0.3) is 5.91 Å². The molecule has 124 valence electrons. The van der Waals surface area contributed by atoms with Gasteiger partial charge in [-0.1, -0.05) is 24.3 Å². The van der Waals surface area contributed by atoms with Crippen LogP contribution >= 0.6 is 0 Å². The second-order valence-corrected chi connectivity index (χ2v) is 5.98. The van der Waals surface area contributed by atoms with E-state index in [0.717, 1.165) is 24.1 Å². The maximum absolute atomic E-state index is 12.9. The molecule has 4 rings (SSSR count). The number of hydrogen-bond acceptors (Lipinski definition) is 3. The Morgan fingerprint density at radius 3 is 2.46 bits per heavy atom. The molecule has 1 atom stereocenters. The van der Waals surface area contributed by atoms with E-state index in [1.165, 1.54) is 12.1 Å². The number of alkyl halides is 2. The summed E-state index contributed by atoms with van der Waals surface area (Å²) < 4.78 is 28.9. The van der Waals surface area contributed by atoms with E-state index in [-0.39, 0.29) is 23.9 Å². The molecule has 0 spiro atoms. The first kappa shape index (κ1) is 14.9. The molecule has 2 aromatic rings. The third-order valence-electron chi connectivity index (χ3n) is 4.32. The smallest absolute Gasteiger partial charge is 0.387 e. The molecule has 0 bridgehead atoms. The molecular formula is C18H16F2N2O2. The first-order valence-corrected chi connectivity index (χ1v) is 7.86. The van der Waals surface area contributed by atoms with E-state index in [1.807, 2.05) is 29.2 Å². The van der Waals surface area contributed by atoms with Crippen molar-refractivity contribution < 1.29 is 18.3 Å². The summed E-state index contributed by atoms with van der Waals surface area (Å²) in [6, 6.07) is 14.1. The lowest BCUT2D eigenvalue weighted by Crippen LogP contribution is -2.44. The van der Waals surface area contributed by atoms with E-state index in [9.17, 15) is 13.6 Å². The van der Waals surface area contributed by atoms with Gasteiger partial charge < -0.3 is 15.0 Å². The fraction of sp³-hybridized carbons (Fsp3) is 0.278. The maximum Gasteiger partial charge on any atom is 0.387 e. The van der Waals surface area contributed by atoms with Crippen LogP contribution in [0.3, 0.4) is 0 Å². The van der Waals surface area contributed by atoms with Crippen molar-refractivity contribution in [2.45, 2.75) is 31.7 Å². The van der Waals surface area contributed by atoms with Gasteiger partial charge in [-0.05, 0) is 42.7 Å². The Hall–Kier alpha value is -2.63. The van der Waals surface area contributed by atoms with E-state index in [2.05, 4.69) is 10.1 Å². The van der Waals surface area contributed by atoms with E-state index in [0.29, 0.717) is 5.56 Å². The fourth-order valence-electron chi connectivity index (χ4n) is 3.07. The summed E-state index contributed by atoms with van der Waals surface area (Å²) in [4.78, 5) is 14.7. The van der Waals surface area contributed by atoms with Gasteiger partial charge in [-0.25, -0.2) is 0 Å². The highest BCUT2D eigenvalue weighted by molar-refractivity contribution is 6.02. The molecule has 1 fully saturated rings. The number of rotatable bonds is 4. The Kier molecular flexibility index (Phi) is 3.59. The van der Waals surface area contributed by atoms with Crippen molar-refractivity contribution in [1.82, 2.24) is 4.90 Å². The number of halogens is 2. The lowest BCUT2D eigenvalue weighted by Gasteiger charge is -2.38. The fourth-order valence-corrected chi connectivity index (χ4v) is 3.07. The maximum atomic E-state index is 12.9. The van der Waals surface area contributed by atoms with Crippen LogP contribution in [0.1, 0.15) is 34.9 Å². The molecule has 1 amide bonds. The second-order valence-electron chi connectivity index (χ2n) is 5.98. The van der Waals surface area contributed by atoms with Crippen LogP contribution in [0.15, 0.2) is 48.5 Å². The zero-order chi connectivity index (χ0) is 16.7. The van der Waals surface area contributed by atoms with Crippen LogP contribution < -0.4 is 10.1 Å². The van der Waals surface area contributed by atoms with Crippen LogP contribution in [-0.4, -0.2) is 23.5 Å². The van der Waals surface area contributed by atoms with Crippen molar-refractivity contribution in [2.24, 2.45) is 0 Å². The van der Waals surface area contributed by atoms with Crippen molar-refractivity contribution in [1.29, 1.82) is 0 Å². The number of nitrogens with zero attached hydrogens (tertiary/aromatic N) is 1. The van der Waals surface area contributed by atoms with Gasteiger partial charge in [0.2, 0.25) is 0 Å². The lowest BCUT2D eigenvalue weighted by atomic mass is 10.0. The number of anilines is 1. The molecule has 6 heteroatoms. The van der Waals surface area contributed by atoms with Gasteiger partial charge in [-0.3, -0.25) is 4.79 Å². The summed E-state index contributed by atoms with van der Waals surface area (Å²) in [5, 5.41) is 3.39. The summed E-state index contributed by atoms with van der Waals surface area (Å²) >= 11 is 0. The van der Waals surface area contributed by atoms with E-state index >= 15 is 0 Å². The van der Waals surface area contributed by atoms with Gasteiger partial charge in [-0.15, -0.1) is 0 Å². The van der Waals surface area contributed by atoms with Gasteiger partial charge >= 0.3 is 6.61 Å². The zero-order valence-corrected chi connectivity index (χ0v) is 12.8.